The van der Waals surface area contributed by atoms with E-state index in [1.54, 1.807) is 0 Å². The Morgan fingerprint density at radius 2 is 0.696 bits per heavy atom. The van der Waals surface area contributed by atoms with Gasteiger partial charge in [-0.15, -0.1) is 0 Å². The zero-order valence-corrected chi connectivity index (χ0v) is 37.1. The van der Waals surface area contributed by atoms with E-state index in [1.807, 2.05) is 0 Å². The fourth-order valence-corrected chi connectivity index (χ4v) is 13.0. The summed E-state index contributed by atoms with van der Waals surface area (Å²) >= 11 is 0. The number of pyridine rings is 2. The second-order valence-electron chi connectivity index (χ2n) is 19.1. The van der Waals surface area contributed by atoms with Crippen LogP contribution in [0.2, 0.25) is 0 Å². The minimum absolute atomic E-state index is 0.139. The van der Waals surface area contributed by atoms with Crippen molar-refractivity contribution in [2.24, 2.45) is 0 Å². The van der Waals surface area contributed by atoms with Gasteiger partial charge in [-0.25, -0.2) is 9.97 Å². The maximum atomic E-state index is 5.58. The lowest BCUT2D eigenvalue weighted by Crippen LogP contribution is -2.59. The highest BCUT2D eigenvalue weighted by Gasteiger charge is 2.44. The second kappa shape index (κ2) is 12.9. The molecule has 2 aliphatic heterocycles. The summed E-state index contributed by atoms with van der Waals surface area (Å²) < 4.78 is 5.28. The third kappa shape index (κ3) is 4.55. The normalized spacial score (nSPS) is 12.9. The molecule has 0 fully saturated rings. The van der Waals surface area contributed by atoms with Gasteiger partial charge in [0.15, 0.2) is 0 Å². The summed E-state index contributed by atoms with van der Waals surface area (Å²) in [6.07, 6.45) is 0. The maximum Gasteiger partial charge on any atom is 0.252 e. The Kier molecular flexibility index (Phi) is 6.74. The van der Waals surface area contributed by atoms with Crippen molar-refractivity contribution in [2.45, 2.75) is 0 Å². The SMILES string of the molecule is c1ccc2nc(-c3cc(-c4ccc5ccccc5n4)c4c5c3-n3c6ccc7ccccc7c6c6c7ccccc7cc(c63)B5c3cc5ccccc5c5c6c7ccccc7ccc6n-4c35)ccc2c1. The summed E-state index contributed by atoms with van der Waals surface area (Å²) in [5.74, 6) is 0. The molecule has 0 aliphatic carbocycles. The fraction of sp³-hybridized carbons (Fsp3) is 0. The van der Waals surface area contributed by atoms with E-state index in [1.165, 1.54) is 114 Å². The van der Waals surface area contributed by atoms with Crippen molar-refractivity contribution in [1.82, 2.24) is 19.1 Å². The molecular formula is C64H35BN4. The molecule has 0 N–H and O–H groups in total. The number of para-hydroxylation sites is 2. The molecule has 0 unspecified atom stereocenters. The maximum absolute atomic E-state index is 5.58. The molecule has 4 aromatic heterocycles. The molecule has 314 valence electrons. The molecule has 0 bridgehead atoms. The van der Waals surface area contributed by atoms with E-state index in [4.69, 9.17) is 9.97 Å². The van der Waals surface area contributed by atoms with Crippen molar-refractivity contribution in [2.75, 3.05) is 0 Å². The Hall–Kier alpha value is -9.06. The number of hydrogen-bond acceptors (Lipinski definition) is 2. The Labute approximate surface area is 395 Å². The smallest absolute Gasteiger partial charge is 0.252 e. The van der Waals surface area contributed by atoms with E-state index in [-0.39, 0.29) is 6.71 Å². The lowest BCUT2D eigenvalue weighted by molar-refractivity contribution is 1.14. The number of nitrogens with zero attached hydrogens (tertiary/aromatic N) is 4. The number of fused-ring (bicyclic) bond motifs is 20. The molecule has 6 heterocycles. The predicted molar refractivity (Wildman–Crippen MR) is 291 cm³/mol. The van der Waals surface area contributed by atoms with E-state index in [0.717, 1.165) is 44.3 Å². The molecule has 0 amide bonds. The van der Waals surface area contributed by atoms with Crippen molar-refractivity contribution >= 4 is 132 Å². The largest absolute Gasteiger partial charge is 0.309 e. The van der Waals surface area contributed by atoms with Crippen LogP contribution in [0.4, 0.5) is 0 Å². The van der Waals surface area contributed by atoms with Gasteiger partial charge < -0.3 is 9.13 Å². The molecule has 11 aromatic carbocycles. The van der Waals surface area contributed by atoms with Gasteiger partial charge in [0.1, 0.15) is 0 Å². The highest BCUT2D eigenvalue weighted by molar-refractivity contribution is 7.01. The number of hydrogen-bond donors (Lipinski definition) is 0. The average molecular weight is 871 g/mol. The first-order chi connectivity index (χ1) is 34.2. The second-order valence-corrected chi connectivity index (χ2v) is 19.1. The highest BCUT2D eigenvalue weighted by atomic mass is 15.0. The van der Waals surface area contributed by atoms with E-state index < -0.39 is 0 Å². The topological polar surface area (TPSA) is 35.6 Å². The third-order valence-electron chi connectivity index (χ3n) is 15.8. The summed E-state index contributed by atoms with van der Waals surface area (Å²) in [5, 5.41) is 17.4. The first-order valence-corrected chi connectivity index (χ1v) is 23.9. The molecule has 5 heteroatoms. The van der Waals surface area contributed by atoms with Crippen LogP contribution < -0.4 is 16.4 Å². The van der Waals surface area contributed by atoms with Crippen LogP contribution in [0.3, 0.4) is 0 Å². The Morgan fingerprint density at radius 1 is 0.319 bits per heavy atom. The molecule has 0 spiro atoms. The van der Waals surface area contributed by atoms with Gasteiger partial charge in [-0.1, -0.05) is 170 Å². The van der Waals surface area contributed by atoms with Crippen LogP contribution in [-0.4, -0.2) is 25.8 Å². The van der Waals surface area contributed by atoms with Crippen LogP contribution >= 0.6 is 0 Å². The number of benzene rings is 11. The molecular weight excluding hydrogens is 836 g/mol. The van der Waals surface area contributed by atoms with Crippen LogP contribution in [0.15, 0.2) is 212 Å². The summed E-state index contributed by atoms with van der Waals surface area (Å²) in [7, 11) is 0. The first-order valence-electron chi connectivity index (χ1n) is 23.9. The van der Waals surface area contributed by atoms with E-state index in [9.17, 15) is 0 Å². The average Bonchev–Trinajstić information content (AvgIpc) is 3.96. The number of aromatic nitrogens is 4. The quantitative estimate of drug-likeness (QED) is 0.162. The lowest BCUT2D eigenvalue weighted by atomic mass is 9.33. The van der Waals surface area contributed by atoms with Gasteiger partial charge in [0.05, 0.1) is 55.9 Å². The zero-order valence-electron chi connectivity index (χ0n) is 37.1. The summed E-state index contributed by atoms with van der Waals surface area (Å²) in [6, 6.07) is 78.8. The van der Waals surface area contributed by atoms with Crippen LogP contribution in [0, 0.1) is 0 Å². The van der Waals surface area contributed by atoms with Gasteiger partial charge in [-0.2, -0.15) is 0 Å². The van der Waals surface area contributed by atoms with E-state index in [0.29, 0.717) is 0 Å². The molecule has 0 saturated carbocycles. The van der Waals surface area contributed by atoms with E-state index in [2.05, 4.69) is 221 Å². The van der Waals surface area contributed by atoms with Crippen molar-refractivity contribution < 1.29 is 0 Å². The van der Waals surface area contributed by atoms with Gasteiger partial charge in [0.2, 0.25) is 0 Å². The van der Waals surface area contributed by atoms with Crippen molar-refractivity contribution in [3.63, 3.8) is 0 Å². The van der Waals surface area contributed by atoms with Crippen LogP contribution in [0.25, 0.3) is 142 Å². The first kappa shape index (κ1) is 36.1. The van der Waals surface area contributed by atoms with Gasteiger partial charge in [-0.05, 0) is 102 Å². The Balaban J connectivity index is 1.18. The zero-order chi connectivity index (χ0) is 44.6. The monoisotopic (exact) mass is 870 g/mol. The minimum atomic E-state index is -0.139. The molecule has 0 radical (unpaired) electrons. The molecule has 2 aliphatic rings. The molecule has 0 saturated heterocycles. The van der Waals surface area contributed by atoms with Gasteiger partial charge >= 0.3 is 0 Å². The molecule has 15 aromatic rings. The molecule has 17 rings (SSSR count). The molecule has 0 atom stereocenters. The third-order valence-corrected chi connectivity index (χ3v) is 15.8. The summed E-state index contributed by atoms with van der Waals surface area (Å²) in [6.45, 7) is -0.139. The molecule has 4 nitrogen and oxygen atoms in total. The van der Waals surface area contributed by atoms with Crippen molar-refractivity contribution in [3.8, 4) is 33.9 Å². The van der Waals surface area contributed by atoms with Gasteiger partial charge in [-0.3, -0.25) is 0 Å². The van der Waals surface area contributed by atoms with Crippen molar-refractivity contribution in [1.29, 1.82) is 0 Å². The lowest BCUT2D eigenvalue weighted by Gasteiger charge is -2.36. The van der Waals surface area contributed by atoms with Gasteiger partial charge in [0, 0.05) is 43.4 Å². The minimum Gasteiger partial charge on any atom is -0.309 e. The predicted octanol–water partition coefficient (Wildman–Crippen LogP) is 14.1. The summed E-state index contributed by atoms with van der Waals surface area (Å²) in [4.78, 5) is 11.2. The standard InChI is InChI=1S/C64H35BN4/c1-7-19-42-36(13-1)27-31-54-56(42)58-44-21-9-3-17-40(44)33-48-63(58)68(54)61-46(52-29-25-38-15-5-11-23-50(38)66-52)35-47(53-30-26-39-16-6-12-24-51(39)67-53)62-60(61)65(48)49-34-41-18-4-10-22-45(41)59-57-43-20-8-2-14-37(43)28-32-55(57)69(62)64(49)59/h1-35H. The Morgan fingerprint density at radius 3 is 1.16 bits per heavy atom. The summed E-state index contributed by atoms with van der Waals surface area (Å²) in [5.41, 5.74) is 17.2. The van der Waals surface area contributed by atoms with Crippen LogP contribution in [-0.2, 0) is 0 Å². The Bertz CT molecular complexity index is 4560. The van der Waals surface area contributed by atoms with Crippen LogP contribution in [0.5, 0.6) is 0 Å². The van der Waals surface area contributed by atoms with Gasteiger partial charge in [0.25, 0.3) is 6.71 Å². The highest BCUT2D eigenvalue weighted by Crippen LogP contribution is 2.49. The fourth-order valence-electron chi connectivity index (χ4n) is 13.0. The number of rotatable bonds is 2. The van der Waals surface area contributed by atoms with Crippen molar-refractivity contribution in [3.05, 3.63) is 212 Å². The van der Waals surface area contributed by atoms with Crippen LogP contribution in [0.1, 0.15) is 0 Å². The molecule has 69 heavy (non-hydrogen) atoms. The van der Waals surface area contributed by atoms with E-state index >= 15 is 0 Å².